The minimum atomic E-state index is -0.413. The van der Waals surface area contributed by atoms with E-state index in [4.69, 9.17) is 21.1 Å². The second-order valence-corrected chi connectivity index (χ2v) is 5.48. The Morgan fingerprint density at radius 3 is 2.68 bits per heavy atom. The number of rotatable bonds is 8. The molecule has 0 aliphatic heterocycles. The van der Waals surface area contributed by atoms with Gasteiger partial charge in [-0.2, -0.15) is 0 Å². The summed E-state index contributed by atoms with van der Waals surface area (Å²) in [6, 6.07) is 4.24. The van der Waals surface area contributed by atoms with Crippen molar-refractivity contribution in [3.05, 3.63) is 23.2 Å². The Bertz CT molecular complexity index is 483. The monoisotopic (exact) mass is 330 g/mol. The fourth-order valence-electron chi connectivity index (χ4n) is 1.75. The molecule has 0 aromatic heterocycles. The van der Waals surface area contributed by atoms with Crippen molar-refractivity contribution in [2.45, 2.75) is 32.4 Å². The van der Waals surface area contributed by atoms with Gasteiger partial charge in [-0.3, -0.25) is 0 Å². The predicted octanol–water partition coefficient (Wildman–Crippen LogP) is 2.65. The van der Waals surface area contributed by atoms with Gasteiger partial charge in [-0.25, -0.2) is 4.79 Å². The highest BCUT2D eigenvalue weighted by Gasteiger charge is 2.12. The number of hydrogen-bond donors (Lipinski definition) is 3. The third-order valence-electron chi connectivity index (χ3n) is 2.78. The number of aliphatic hydroxyl groups is 1. The van der Waals surface area contributed by atoms with Gasteiger partial charge < -0.3 is 25.2 Å². The van der Waals surface area contributed by atoms with Gasteiger partial charge in [0.1, 0.15) is 5.75 Å². The lowest BCUT2D eigenvalue weighted by Crippen LogP contribution is -2.40. The minimum absolute atomic E-state index is 0.0192. The third kappa shape index (κ3) is 6.51. The highest BCUT2D eigenvalue weighted by atomic mass is 35.5. The molecule has 3 N–H and O–H groups in total. The first-order valence-electron chi connectivity index (χ1n) is 7.09. The molecule has 2 amide bonds. The molecule has 124 valence electrons. The molecule has 1 unspecified atom stereocenters. The summed E-state index contributed by atoms with van der Waals surface area (Å²) in [5.74, 6) is 0.566. The predicted molar refractivity (Wildman–Crippen MR) is 86.7 cm³/mol. The molecule has 1 atom stereocenters. The van der Waals surface area contributed by atoms with E-state index < -0.39 is 6.03 Å². The Hall–Kier alpha value is -1.50. The smallest absolute Gasteiger partial charge is 0.319 e. The zero-order valence-corrected chi connectivity index (χ0v) is 13.8. The van der Waals surface area contributed by atoms with Crippen molar-refractivity contribution in [3.8, 4) is 5.75 Å². The summed E-state index contributed by atoms with van der Waals surface area (Å²) in [6.07, 6.45) is 0.549. The number of methoxy groups -OCH3 is 1. The van der Waals surface area contributed by atoms with Gasteiger partial charge in [0.15, 0.2) is 0 Å². The van der Waals surface area contributed by atoms with Gasteiger partial charge in [0, 0.05) is 19.4 Å². The topological polar surface area (TPSA) is 79.8 Å². The van der Waals surface area contributed by atoms with Gasteiger partial charge in [0.2, 0.25) is 0 Å². The minimum Gasteiger partial charge on any atom is -0.489 e. The van der Waals surface area contributed by atoms with Crippen LogP contribution in [0, 0.1) is 0 Å². The summed E-state index contributed by atoms with van der Waals surface area (Å²) in [7, 11) is 1.57. The first kappa shape index (κ1) is 18.5. The molecular weight excluding hydrogens is 308 g/mol. The van der Waals surface area contributed by atoms with Crippen LogP contribution in [0.4, 0.5) is 10.5 Å². The number of carbonyl (C=O) groups is 1. The number of anilines is 1. The maximum Gasteiger partial charge on any atom is 0.319 e. The number of hydrogen-bond acceptors (Lipinski definition) is 4. The molecule has 0 saturated carbocycles. The van der Waals surface area contributed by atoms with Gasteiger partial charge in [-0.05, 0) is 38.5 Å². The zero-order valence-electron chi connectivity index (χ0n) is 13.1. The number of urea groups is 1. The summed E-state index contributed by atoms with van der Waals surface area (Å²) < 4.78 is 10.4. The molecule has 0 radical (unpaired) electrons. The Balaban J connectivity index is 2.58. The molecule has 1 aromatic rings. The standard InChI is InChI=1S/C15H23ClN2O4/c1-10(2)22-14-5-4-11(8-13(14)16)17-15(20)18-12(9-19)6-7-21-3/h4-5,8,10,12,19H,6-7,9H2,1-3H3,(H2,17,18,20). The number of amides is 2. The van der Waals surface area contributed by atoms with Crippen LogP contribution in [-0.4, -0.2) is 43.6 Å². The zero-order chi connectivity index (χ0) is 16.5. The Kier molecular flexibility index (Phi) is 8.01. The van der Waals surface area contributed by atoms with Crippen LogP contribution in [-0.2, 0) is 4.74 Å². The Morgan fingerprint density at radius 2 is 2.14 bits per heavy atom. The van der Waals surface area contributed by atoms with Crippen molar-refractivity contribution in [3.63, 3.8) is 0 Å². The molecule has 0 spiro atoms. The first-order valence-corrected chi connectivity index (χ1v) is 7.47. The lowest BCUT2D eigenvalue weighted by molar-refractivity contribution is 0.161. The summed E-state index contributed by atoms with van der Waals surface area (Å²) in [5, 5.41) is 14.9. The van der Waals surface area contributed by atoms with E-state index in [1.54, 1.807) is 25.3 Å². The SMILES string of the molecule is COCCC(CO)NC(=O)Nc1ccc(OC(C)C)c(Cl)c1. The van der Waals surface area contributed by atoms with Crippen molar-refractivity contribution >= 4 is 23.3 Å². The molecule has 1 aromatic carbocycles. The number of aliphatic hydroxyl groups excluding tert-OH is 1. The van der Waals surface area contributed by atoms with Crippen LogP contribution in [0.5, 0.6) is 5.75 Å². The maximum atomic E-state index is 11.9. The molecule has 0 bridgehead atoms. The van der Waals surface area contributed by atoms with E-state index in [9.17, 15) is 9.90 Å². The number of nitrogens with one attached hydrogen (secondary N) is 2. The van der Waals surface area contributed by atoms with Crippen LogP contribution in [0.2, 0.25) is 5.02 Å². The Morgan fingerprint density at radius 1 is 1.41 bits per heavy atom. The van der Waals surface area contributed by atoms with E-state index in [2.05, 4.69) is 10.6 Å². The van der Waals surface area contributed by atoms with Crippen LogP contribution in [0.1, 0.15) is 20.3 Å². The van der Waals surface area contributed by atoms with Crippen LogP contribution in [0.3, 0.4) is 0 Å². The summed E-state index contributed by atoms with van der Waals surface area (Å²) >= 11 is 6.11. The quantitative estimate of drug-likeness (QED) is 0.684. The van der Waals surface area contributed by atoms with Crippen molar-refractivity contribution in [1.29, 1.82) is 0 Å². The van der Waals surface area contributed by atoms with Crippen molar-refractivity contribution in [2.75, 3.05) is 25.6 Å². The number of halogens is 1. The number of benzene rings is 1. The number of carbonyl (C=O) groups excluding carboxylic acids is 1. The van der Waals surface area contributed by atoms with E-state index >= 15 is 0 Å². The van der Waals surface area contributed by atoms with Crippen molar-refractivity contribution in [1.82, 2.24) is 5.32 Å². The van der Waals surface area contributed by atoms with Gasteiger partial charge in [0.25, 0.3) is 0 Å². The maximum absolute atomic E-state index is 11.9. The molecule has 7 heteroatoms. The van der Waals surface area contributed by atoms with Crippen molar-refractivity contribution in [2.24, 2.45) is 0 Å². The molecule has 6 nitrogen and oxygen atoms in total. The average molecular weight is 331 g/mol. The number of ether oxygens (including phenoxy) is 2. The third-order valence-corrected chi connectivity index (χ3v) is 3.07. The Labute approximate surface area is 135 Å². The lowest BCUT2D eigenvalue weighted by Gasteiger charge is -2.17. The fourth-order valence-corrected chi connectivity index (χ4v) is 1.97. The van der Waals surface area contributed by atoms with Crippen LogP contribution in [0.15, 0.2) is 18.2 Å². The molecule has 0 fully saturated rings. The van der Waals surface area contributed by atoms with E-state index in [0.29, 0.717) is 29.5 Å². The molecule has 1 rings (SSSR count). The molecule has 0 saturated heterocycles. The summed E-state index contributed by atoms with van der Waals surface area (Å²) in [5.41, 5.74) is 0.544. The van der Waals surface area contributed by atoms with E-state index in [-0.39, 0.29) is 18.8 Å². The average Bonchev–Trinajstić information content (AvgIpc) is 2.46. The van der Waals surface area contributed by atoms with Gasteiger partial charge in [-0.1, -0.05) is 11.6 Å². The van der Waals surface area contributed by atoms with E-state index in [1.165, 1.54) is 0 Å². The second-order valence-electron chi connectivity index (χ2n) is 5.07. The molecular formula is C15H23ClN2O4. The largest absolute Gasteiger partial charge is 0.489 e. The highest BCUT2D eigenvalue weighted by molar-refractivity contribution is 6.32. The molecule has 0 heterocycles. The molecule has 0 aliphatic rings. The normalized spacial score (nSPS) is 12.1. The summed E-state index contributed by atoms with van der Waals surface area (Å²) in [6.45, 7) is 4.12. The fraction of sp³-hybridized carbons (Fsp3) is 0.533. The molecule has 0 aliphatic carbocycles. The van der Waals surface area contributed by atoms with Crippen LogP contribution < -0.4 is 15.4 Å². The lowest BCUT2D eigenvalue weighted by atomic mass is 10.2. The first-order chi connectivity index (χ1) is 10.5. The van der Waals surface area contributed by atoms with Crippen LogP contribution in [0.25, 0.3) is 0 Å². The van der Waals surface area contributed by atoms with Gasteiger partial charge in [-0.15, -0.1) is 0 Å². The van der Waals surface area contributed by atoms with Crippen molar-refractivity contribution < 1.29 is 19.4 Å². The molecule has 22 heavy (non-hydrogen) atoms. The van der Waals surface area contributed by atoms with Gasteiger partial charge >= 0.3 is 6.03 Å². The van der Waals surface area contributed by atoms with Crippen LogP contribution >= 0.6 is 11.6 Å². The van der Waals surface area contributed by atoms with E-state index in [0.717, 1.165) is 0 Å². The van der Waals surface area contributed by atoms with Gasteiger partial charge in [0.05, 0.1) is 23.8 Å². The highest BCUT2D eigenvalue weighted by Crippen LogP contribution is 2.28. The van der Waals surface area contributed by atoms with E-state index in [1.807, 2.05) is 13.8 Å². The summed E-state index contributed by atoms with van der Waals surface area (Å²) in [4.78, 5) is 11.9. The second kappa shape index (κ2) is 9.50.